The molecule has 0 saturated heterocycles. The molecule has 19 heavy (non-hydrogen) atoms. The van der Waals surface area contributed by atoms with Gasteiger partial charge < -0.3 is 0 Å². The second-order valence-corrected chi connectivity index (χ2v) is 5.30. The maximum atomic E-state index is 5.68. The predicted octanol–water partition coefficient (Wildman–Crippen LogP) is 2.44. The number of fused-ring (bicyclic) bond motifs is 1. The van der Waals surface area contributed by atoms with Crippen LogP contribution in [0.15, 0.2) is 48.2 Å². The van der Waals surface area contributed by atoms with Gasteiger partial charge in [0.1, 0.15) is 0 Å². The fourth-order valence-electron chi connectivity index (χ4n) is 2.08. The van der Waals surface area contributed by atoms with E-state index in [9.17, 15) is 0 Å². The molecule has 3 N–H and O–H groups in total. The Labute approximate surface area is 115 Å². The number of rotatable bonds is 4. The lowest BCUT2D eigenvalue weighted by Crippen LogP contribution is -2.29. The Hall–Kier alpha value is -1.82. The second kappa shape index (κ2) is 5.44. The van der Waals surface area contributed by atoms with Crippen molar-refractivity contribution < 1.29 is 0 Å². The standard InChI is InChI=1S/C14H14N4S/c15-18-13(6-10-2-1-4-16-8-10)11-7-14-12(17-9-11)3-5-19-14/h1-5,7-9,13,18H,6,15H2. The molecule has 1 unspecified atom stereocenters. The van der Waals surface area contributed by atoms with Crippen LogP contribution >= 0.6 is 11.3 Å². The van der Waals surface area contributed by atoms with Gasteiger partial charge in [0, 0.05) is 18.6 Å². The zero-order valence-corrected chi connectivity index (χ0v) is 11.1. The SMILES string of the molecule is NNC(Cc1cccnc1)c1cnc2ccsc2c1. The third kappa shape index (κ3) is 2.63. The van der Waals surface area contributed by atoms with Crippen LogP contribution in [-0.4, -0.2) is 9.97 Å². The Morgan fingerprint density at radius 1 is 1.32 bits per heavy atom. The van der Waals surface area contributed by atoms with Crippen LogP contribution in [0.5, 0.6) is 0 Å². The molecule has 0 fully saturated rings. The first kappa shape index (κ1) is 12.2. The maximum absolute atomic E-state index is 5.68. The smallest absolute Gasteiger partial charge is 0.0809 e. The minimum absolute atomic E-state index is 0.0446. The number of nitrogens with zero attached hydrogens (tertiary/aromatic N) is 2. The Bertz CT molecular complexity index is 665. The van der Waals surface area contributed by atoms with Gasteiger partial charge in [0.25, 0.3) is 0 Å². The van der Waals surface area contributed by atoms with Crippen molar-refractivity contribution in [3.63, 3.8) is 0 Å². The van der Waals surface area contributed by atoms with Crippen LogP contribution in [0.4, 0.5) is 0 Å². The first-order valence-electron chi connectivity index (χ1n) is 6.05. The number of thiophene rings is 1. The first-order valence-corrected chi connectivity index (χ1v) is 6.93. The molecule has 3 heterocycles. The monoisotopic (exact) mass is 270 g/mol. The Kier molecular flexibility index (Phi) is 3.50. The summed E-state index contributed by atoms with van der Waals surface area (Å²) in [5.74, 6) is 5.68. The molecule has 0 amide bonds. The summed E-state index contributed by atoms with van der Waals surface area (Å²) < 4.78 is 1.18. The van der Waals surface area contributed by atoms with Crippen molar-refractivity contribution in [2.75, 3.05) is 0 Å². The maximum Gasteiger partial charge on any atom is 0.0809 e. The summed E-state index contributed by atoms with van der Waals surface area (Å²) in [4.78, 5) is 8.58. The highest BCUT2D eigenvalue weighted by atomic mass is 32.1. The number of hydrogen-bond donors (Lipinski definition) is 2. The van der Waals surface area contributed by atoms with Gasteiger partial charge >= 0.3 is 0 Å². The molecule has 3 aromatic heterocycles. The largest absolute Gasteiger partial charge is 0.271 e. The summed E-state index contributed by atoms with van der Waals surface area (Å²) in [6.07, 6.45) is 6.31. The molecule has 5 heteroatoms. The highest BCUT2D eigenvalue weighted by Gasteiger charge is 2.12. The van der Waals surface area contributed by atoms with Gasteiger partial charge in [-0.25, -0.2) is 0 Å². The highest BCUT2D eigenvalue weighted by Crippen LogP contribution is 2.24. The van der Waals surface area contributed by atoms with E-state index in [2.05, 4.69) is 27.5 Å². The van der Waals surface area contributed by atoms with E-state index in [4.69, 9.17) is 5.84 Å². The van der Waals surface area contributed by atoms with Gasteiger partial charge in [-0.3, -0.25) is 21.2 Å². The lowest BCUT2D eigenvalue weighted by atomic mass is 10.0. The van der Waals surface area contributed by atoms with E-state index in [0.29, 0.717) is 0 Å². The van der Waals surface area contributed by atoms with Crippen LogP contribution in [0, 0.1) is 0 Å². The van der Waals surface area contributed by atoms with Crippen molar-refractivity contribution >= 4 is 21.6 Å². The molecular formula is C14H14N4S. The zero-order chi connectivity index (χ0) is 13.1. The second-order valence-electron chi connectivity index (χ2n) is 4.36. The van der Waals surface area contributed by atoms with Crippen LogP contribution in [0.25, 0.3) is 10.2 Å². The van der Waals surface area contributed by atoms with Gasteiger partial charge in [-0.2, -0.15) is 0 Å². The highest BCUT2D eigenvalue weighted by molar-refractivity contribution is 7.17. The third-order valence-electron chi connectivity index (χ3n) is 3.09. The number of pyridine rings is 2. The number of nitrogens with two attached hydrogens (primary N) is 1. The van der Waals surface area contributed by atoms with Crippen molar-refractivity contribution in [3.8, 4) is 0 Å². The molecule has 0 saturated carbocycles. The molecule has 1 atom stereocenters. The Morgan fingerprint density at radius 2 is 2.26 bits per heavy atom. The van der Waals surface area contributed by atoms with Crippen LogP contribution < -0.4 is 11.3 Å². The van der Waals surface area contributed by atoms with E-state index >= 15 is 0 Å². The molecule has 3 aromatic rings. The number of hydrogen-bond acceptors (Lipinski definition) is 5. The van der Waals surface area contributed by atoms with Crippen LogP contribution in [0.1, 0.15) is 17.2 Å². The number of hydrazine groups is 1. The minimum Gasteiger partial charge on any atom is -0.271 e. The van der Waals surface area contributed by atoms with E-state index in [0.717, 1.165) is 23.1 Å². The van der Waals surface area contributed by atoms with E-state index in [1.54, 1.807) is 17.5 Å². The fraction of sp³-hybridized carbons (Fsp3) is 0.143. The Morgan fingerprint density at radius 3 is 3.05 bits per heavy atom. The summed E-state index contributed by atoms with van der Waals surface area (Å²) in [6.45, 7) is 0. The van der Waals surface area contributed by atoms with Crippen molar-refractivity contribution in [2.45, 2.75) is 12.5 Å². The molecule has 0 bridgehead atoms. The molecule has 0 spiro atoms. The van der Waals surface area contributed by atoms with Crippen LogP contribution in [0.2, 0.25) is 0 Å². The molecule has 0 aliphatic carbocycles. The topological polar surface area (TPSA) is 63.8 Å². The van der Waals surface area contributed by atoms with E-state index < -0.39 is 0 Å². The van der Waals surface area contributed by atoms with Gasteiger partial charge in [-0.1, -0.05) is 6.07 Å². The van der Waals surface area contributed by atoms with Gasteiger partial charge in [0.2, 0.25) is 0 Å². The van der Waals surface area contributed by atoms with Crippen molar-refractivity contribution in [1.29, 1.82) is 0 Å². The van der Waals surface area contributed by atoms with Gasteiger partial charge in [-0.05, 0) is 41.1 Å². The molecular weight excluding hydrogens is 256 g/mol. The lowest BCUT2D eigenvalue weighted by Gasteiger charge is -2.15. The molecule has 0 aliphatic heterocycles. The van der Waals surface area contributed by atoms with Gasteiger partial charge in [0.05, 0.1) is 16.3 Å². The molecule has 0 radical (unpaired) electrons. The van der Waals surface area contributed by atoms with Crippen LogP contribution in [0.3, 0.4) is 0 Å². The van der Waals surface area contributed by atoms with Crippen molar-refractivity contribution in [2.24, 2.45) is 5.84 Å². The molecule has 0 aliphatic rings. The van der Waals surface area contributed by atoms with E-state index in [1.807, 2.05) is 29.9 Å². The third-order valence-corrected chi connectivity index (χ3v) is 3.94. The summed E-state index contributed by atoms with van der Waals surface area (Å²) in [7, 11) is 0. The zero-order valence-electron chi connectivity index (χ0n) is 10.3. The summed E-state index contributed by atoms with van der Waals surface area (Å²) in [5.41, 5.74) is 6.14. The van der Waals surface area contributed by atoms with Crippen molar-refractivity contribution in [1.82, 2.24) is 15.4 Å². The van der Waals surface area contributed by atoms with E-state index in [-0.39, 0.29) is 6.04 Å². The van der Waals surface area contributed by atoms with Crippen molar-refractivity contribution in [3.05, 3.63) is 59.4 Å². The normalized spacial score (nSPS) is 12.7. The minimum atomic E-state index is 0.0446. The van der Waals surface area contributed by atoms with Crippen LogP contribution in [-0.2, 0) is 6.42 Å². The lowest BCUT2D eigenvalue weighted by molar-refractivity contribution is 0.550. The Balaban J connectivity index is 1.88. The average molecular weight is 270 g/mol. The summed E-state index contributed by atoms with van der Waals surface area (Å²) in [6, 6.07) is 8.20. The number of aromatic nitrogens is 2. The quantitative estimate of drug-likeness (QED) is 0.564. The number of nitrogens with one attached hydrogen (secondary N) is 1. The molecule has 96 valence electrons. The fourth-order valence-corrected chi connectivity index (χ4v) is 2.87. The van der Waals surface area contributed by atoms with Gasteiger partial charge in [0.15, 0.2) is 0 Å². The summed E-state index contributed by atoms with van der Waals surface area (Å²) in [5, 5.41) is 2.05. The van der Waals surface area contributed by atoms with Gasteiger partial charge in [-0.15, -0.1) is 11.3 Å². The molecule has 0 aromatic carbocycles. The van der Waals surface area contributed by atoms with E-state index in [1.165, 1.54) is 4.70 Å². The molecule has 4 nitrogen and oxygen atoms in total. The first-order chi connectivity index (χ1) is 9.36. The predicted molar refractivity (Wildman–Crippen MR) is 77.6 cm³/mol. The average Bonchev–Trinajstić information content (AvgIpc) is 2.93. The molecule has 3 rings (SSSR count). The summed E-state index contributed by atoms with van der Waals surface area (Å²) >= 11 is 1.69.